The molecule has 2 aromatic rings. The van der Waals surface area contributed by atoms with Crippen LogP contribution in [0.4, 0.5) is 0 Å². The van der Waals surface area contributed by atoms with E-state index in [2.05, 4.69) is 17.1 Å². The highest BCUT2D eigenvalue weighted by molar-refractivity contribution is 5.18. The Bertz CT molecular complexity index is 453. The number of hydrogen-bond acceptors (Lipinski definition) is 4. The van der Waals surface area contributed by atoms with Crippen LogP contribution in [0.2, 0.25) is 0 Å². The summed E-state index contributed by atoms with van der Waals surface area (Å²) in [7, 11) is 0. The van der Waals surface area contributed by atoms with Gasteiger partial charge in [0.25, 0.3) is 0 Å². The molecule has 90 valence electrons. The molecule has 0 spiro atoms. The van der Waals surface area contributed by atoms with Gasteiger partial charge in [-0.15, -0.1) is 0 Å². The van der Waals surface area contributed by atoms with Crippen LogP contribution in [0.15, 0.2) is 34.9 Å². The zero-order valence-electron chi connectivity index (χ0n) is 9.97. The standard InChI is InChI=1S/C13H17N3O/c1-2-6-11(14)13-15-12(17-16-13)9-10-7-4-3-5-8-10/h3-5,7-8,11H,2,6,9,14H2,1H3. The van der Waals surface area contributed by atoms with Gasteiger partial charge in [0.1, 0.15) is 0 Å². The van der Waals surface area contributed by atoms with Gasteiger partial charge in [-0.05, 0) is 12.0 Å². The smallest absolute Gasteiger partial charge is 0.231 e. The van der Waals surface area contributed by atoms with Crippen molar-refractivity contribution in [3.05, 3.63) is 47.6 Å². The first kappa shape index (κ1) is 11.8. The SMILES string of the molecule is CCCC(N)c1noc(Cc2ccccc2)n1. The highest BCUT2D eigenvalue weighted by atomic mass is 16.5. The largest absolute Gasteiger partial charge is 0.339 e. The molecule has 0 saturated carbocycles. The number of hydrogen-bond donors (Lipinski definition) is 1. The Morgan fingerprint density at radius 1 is 1.29 bits per heavy atom. The second-order valence-corrected chi connectivity index (χ2v) is 4.10. The van der Waals surface area contributed by atoms with Crippen LogP contribution in [0.3, 0.4) is 0 Å². The normalized spacial score (nSPS) is 12.6. The van der Waals surface area contributed by atoms with E-state index in [9.17, 15) is 0 Å². The molecule has 0 bridgehead atoms. The van der Waals surface area contributed by atoms with Crippen molar-refractivity contribution in [1.82, 2.24) is 10.1 Å². The predicted molar refractivity (Wildman–Crippen MR) is 65.4 cm³/mol. The van der Waals surface area contributed by atoms with Gasteiger partial charge in [0, 0.05) is 0 Å². The molecular formula is C13H17N3O. The van der Waals surface area contributed by atoms with E-state index in [1.807, 2.05) is 30.3 Å². The summed E-state index contributed by atoms with van der Waals surface area (Å²) in [6, 6.07) is 9.93. The Morgan fingerprint density at radius 3 is 2.76 bits per heavy atom. The minimum absolute atomic E-state index is 0.117. The van der Waals surface area contributed by atoms with Gasteiger partial charge >= 0.3 is 0 Å². The van der Waals surface area contributed by atoms with Crippen LogP contribution in [0.1, 0.15) is 43.1 Å². The van der Waals surface area contributed by atoms with E-state index in [1.165, 1.54) is 0 Å². The van der Waals surface area contributed by atoms with Gasteiger partial charge in [0.2, 0.25) is 5.89 Å². The lowest BCUT2D eigenvalue weighted by atomic mass is 10.1. The molecule has 17 heavy (non-hydrogen) atoms. The third-order valence-corrected chi connectivity index (χ3v) is 2.61. The van der Waals surface area contributed by atoms with Crippen LogP contribution in [0.5, 0.6) is 0 Å². The first-order valence-corrected chi connectivity index (χ1v) is 5.91. The fraction of sp³-hybridized carbons (Fsp3) is 0.385. The molecule has 0 aliphatic rings. The first-order valence-electron chi connectivity index (χ1n) is 5.91. The summed E-state index contributed by atoms with van der Waals surface area (Å²) < 4.78 is 5.19. The van der Waals surface area contributed by atoms with E-state index in [-0.39, 0.29) is 6.04 Å². The molecule has 0 fully saturated rings. The van der Waals surface area contributed by atoms with Crippen LogP contribution in [-0.4, -0.2) is 10.1 Å². The van der Waals surface area contributed by atoms with Crippen molar-refractivity contribution in [3.8, 4) is 0 Å². The summed E-state index contributed by atoms with van der Waals surface area (Å²) in [6.45, 7) is 2.09. The van der Waals surface area contributed by atoms with Crippen molar-refractivity contribution in [2.45, 2.75) is 32.2 Å². The lowest BCUT2D eigenvalue weighted by molar-refractivity contribution is 0.374. The Hall–Kier alpha value is -1.68. The molecule has 0 aliphatic carbocycles. The molecule has 0 amide bonds. The van der Waals surface area contributed by atoms with Gasteiger partial charge in [0.05, 0.1) is 12.5 Å². The molecule has 0 aliphatic heterocycles. The van der Waals surface area contributed by atoms with Gasteiger partial charge in [-0.1, -0.05) is 48.8 Å². The molecule has 4 nitrogen and oxygen atoms in total. The summed E-state index contributed by atoms with van der Waals surface area (Å²) in [4.78, 5) is 4.32. The zero-order valence-corrected chi connectivity index (χ0v) is 9.97. The van der Waals surface area contributed by atoms with Crippen molar-refractivity contribution in [3.63, 3.8) is 0 Å². The third kappa shape index (κ3) is 3.14. The van der Waals surface area contributed by atoms with E-state index in [1.54, 1.807) is 0 Å². The summed E-state index contributed by atoms with van der Waals surface area (Å²) in [6.07, 6.45) is 2.56. The highest BCUT2D eigenvalue weighted by Gasteiger charge is 2.13. The van der Waals surface area contributed by atoms with E-state index in [0.717, 1.165) is 18.4 Å². The van der Waals surface area contributed by atoms with Gasteiger partial charge in [-0.3, -0.25) is 0 Å². The van der Waals surface area contributed by atoms with Crippen molar-refractivity contribution in [2.75, 3.05) is 0 Å². The summed E-state index contributed by atoms with van der Waals surface area (Å²) in [5, 5.41) is 3.92. The average Bonchev–Trinajstić information content (AvgIpc) is 2.79. The number of nitrogens with two attached hydrogens (primary N) is 1. The van der Waals surface area contributed by atoms with E-state index < -0.39 is 0 Å². The van der Waals surface area contributed by atoms with Crippen molar-refractivity contribution in [1.29, 1.82) is 0 Å². The maximum Gasteiger partial charge on any atom is 0.231 e. The van der Waals surface area contributed by atoms with Crippen LogP contribution in [0, 0.1) is 0 Å². The maximum atomic E-state index is 5.93. The molecule has 1 atom stereocenters. The quantitative estimate of drug-likeness (QED) is 0.858. The van der Waals surface area contributed by atoms with E-state index >= 15 is 0 Å². The summed E-state index contributed by atoms with van der Waals surface area (Å²) >= 11 is 0. The van der Waals surface area contributed by atoms with Crippen molar-refractivity contribution < 1.29 is 4.52 Å². The Balaban J connectivity index is 2.04. The second-order valence-electron chi connectivity index (χ2n) is 4.10. The molecule has 1 aromatic carbocycles. The molecule has 2 N–H and O–H groups in total. The monoisotopic (exact) mass is 231 g/mol. The zero-order chi connectivity index (χ0) is 12.1. The van der Waals surface area contributed by atoms with Gasteiger partial charge in [-0.25, -0.2) is 0 Å². The first-order chi connectivity index (χ1) is 8.29. The topological polar surface area (TPSA) is 64.9 Å². The second kappa shape index (κ2) is 5.59. The minimum atomic E-state index is -0.117. The number of benzene rings is 1. The Kier molecular flexibility index (Phi) is 3.88. The number of nitrogens with zero attached hydrogens (tertiary/aromatic N) is 2. The molecule has 1 unspecified atom stereocenters. The molecule has 1 aromatic heterocycles. The molecule has 1 heterocycles. The average molecular weight is 231 g/mol. The predicted octanol–water partition coefficient (Wildman–Crippen LogP) is 2.46. The Labute approximate surface area is 101 Å². The number of aromatic nitrogens is 2. The lowest BCUT2D eigenvalue weighted by Crippen LogP contribution is -2.11. The number of rotatable bonds is 5. The third-order valence-electron chi connectivity index (χ3n) is 2.61. The van der Waals surface area contributed by atoms with Crippen molar-refractivity contribution >= 4 is 0 Å². The summed E-state index contributed by atoms with van der Waals surface area (Å²) in [5.74, 6) is 1.23. The maximum absolute atomic E-state index is 5.93. The fourth-order valence-electron chi connectivity index (χ4n) is 1.70. The van der Waals surface area contributed by atoms with E-state index in [0.29, 0.717) is 18.1 Å². The van der Waals surface area contributed by atoms with Gasteiger partial charge < -0.3 is 10.3 Å². The van der Waals surface area contributed by atoms with Crippen LogP contribution >= 0.6 is 0 Å². The summed E-state index contributed by atoms with van der Waals surface area (Å²) in [5.41, 5.74) is 7.09. The van der Waals surface area contributed by atoms with Crippen LogP contribution < -0.4 is 5.73 Å². The van der Waals surface area contributed by atoms with Crippen LogP contribution in [0.25, 0.3) is 0 Å². The minimum Gasteiger partial charge on any atom is -0.339 e. The molecule has 2 rings (SSSR count). The lowest BCUT2D eigenvalue weighted by Gasteiger charge is -2.02. The Morgan fingerprint density at radius 2 is 2.06 bits per heavy atom. The van der Waals surface area contributed by atoms with Crippen molar-refractivity contribution in [2.24, 2.45) is 5.73 Å². The molecule has 0 saturated heterocycles. The molecule has 0 radical (unpaired) electrons. The fourth-order valence-corrected chi connectivity index (χ4v) is 1.70. The van der Waals surface area contributed by atoms with Gasteiger partial charge in [-0.2, -0.15) is 4.98 Å². The molecule has 4 heteroatoms. The van der Waals surface area contributed by atoms with Crippen LogP contribution in [-0.2, 0) is 6.42 Å². The van der Waals surface area contributed by atoms with E-state index in [4.69, 9.17) is 10.3 Å². The highest BCUT2D eigenvalue weighted by Crippen LogP contribution is 2.14. The van der Waals surface area contributed by atoms with Gasteiger partial charge in [0.15, 0.2) is 5.82 Å². The molecular weight excluding hydrogens is 214 g/mol.